The molecule has 3 heteroatoms. The van der Waals surface area contributed by atoms with Crippen LogP contribution in [0.15, 0.2) is 0 Å². The summed E-state index contributed by atoms with van der Waals surface area (Å²) in [6, 6.07) is 0.461. The van der Waals surface area contributed by atoms with Crippen LogP contribution >= 0.6 is 0 Å². The Balaban J connectivity index is 2.66. The molecule has 0 saturated heterocycles. The maximum absolute atomic E-state index is 9.44. The maximum Gasteiger partial charge on any atom is 0.0474 e. The van der Waals surface area contributed by atoms with Gasteiger partial charge in [0.2, 0.25) is 0 Å². The van der Waals surface area contributed by atoms with Crippen molar-refractivity contribution in [2.75, 3.05) is 13.2 Å². The lowest BCUT2D eigenvalue weighted by atomic mass is 9.83. The third kappa shape index (κ3) is 3.94. The highest BCUT2D eigenvalue weighted by Crippen LogP contribution is 2.30. The Morgan fingerprint density at radius 2 is 2.11 bits per heavy atom. The quantitative estimate of drug-likeness (QED) is 0.624. The first-order valence-electron chi connectivity index (χ1n) is 7.69. The van der Waals surface area contributed by atoms with E-state index in [1.54, 1.807) is 0 Å². The Hall–Kier alpha value is -0.120. The molecule has 1 aliphatic carbocycles. The third-order valence-corrected chi connectivity index (χ3v) is 4.89. The standard InChI is InChI=1S/C15H32N2O/c1-4-12(3)9-15(5-2,11-16)17-14-8-6-7-13(14)10-18/h12-14,17-18H,4-11,16H2,1-3H3. The van der Waals surface area contributed by atoms with Gasteiger partial charge in [0.25, 0.3) is 0 Å². The lowest BCUT2D eigenvalue weighted by Gasteiger charge is -2.39. The smallest absolute Gasteiger partial charge is 0.0474 e. The Morgan fingerprint density at radius 1 is 1.39 bits per heavy atom. The molecule has 0 aliphatic heterocycles. The van der Waals surface area contributed by atoms with E-state index in [9.17, 15) is 5.11 Å². The molecule has 1 fully saturated rings. The summed E-state index contributed by atoms with van der Waals surface area (Å²) >= 11 is 0. The van der Waals surface area contributed by atoms with Gasteiger partial charge < -0.3 is 16.2 Å². The number of nitrogens with two attached hydrogens (primary N) is 1. The molecule has 0 aromatic carbocycles. The maximum atomic E-state index is 9.44. The van der Waals surface area contributed by atoms with E-state index < -0.39 is 0 Å². The first-order chi connectivity index (χ1) is 8.60. The van der Waals surface area contributed by atoms with Crippen LogP contribution < -0.4 is 11.1 Å². The van der Waals surface area contributed by atoms with Crippen LogP contribution in [0.3, 0.4) is 0 Å². The lowest BCUT2D eigenvalue weighted by molar-refractivity contribution is 0.163. The first-order valence-corrected chi connectivity index (χ1v) is 7.69. The van der Waals surface area contributed by atoms with Gasteiger partial charge in [-0.05, 0) is 37.5 Å². The number of nitrogens with one attached hydrogen (secondary N) is 1. The molecule has 0 bridgehead atoms. The number of aliphatic hydroxyl groups is 1. The SMILES string of the molecule is CCC(C)CC(CC)(CN)NC1CCCC1CO. The van der Waals surface area contributed by atoms with E-state index in [0.717, 1.165) is 19.3 Å². The molecule has 1 rings (SSSR count). The molecule has 3 nitrogen and oxygen atoms in total. The van der Waals surface area contributed by atoms with Crippen LogP contribution in [0, 0.1) is 11.8 Å². The molecule has 0 radical (unpaired) electrons. The summed E-state index contributed by atoms with van der Waals surface area (Å²) in [4.78, 5) is 0. The summed E-state index contributed by atoms with van der Waals surface area (Å²) < 4.78 is 0. The second kappa shape index (κ2) is 7.46. The van der Waals surface area contributed by atoms with Crippen molar-refractivity contribution in [2.45, 2.75) is 70.9 Å². The molecule has 4 N–H and O–H groups in total. The fraction of sp³-hybridized carbons (Fsp3) is 1.00. The lowest BCUT2D eigenvalue weighted by Crippen LogP contribution is -2.56. The topological polar surface area (TPSA) is 58.3 Å². The zero-order chi connectivity index (χ0) is 13.6. The van der Waals surface area contributed by atoms with Crippen molar-refractivity contribution in [3.63, 3.8) is 0 Å². The largest absolute Gasteiger partial charge is 0.396 e. The van der Waals surface area contributed by atoms with Gasteiger partial charge in [-0.25, -0.2) is 0 Å². The van der Waals surface area contributed by atoms with Crippen LogP contribution in [0.2, 0.25) is 0 Å². The summed E-state index contributed by atoms with van der Waals surface area (Å²) in [6.45, 7) is 7.78. The Kier molecular flexibility index (Phi) is 6.61. The van der Waals surface area contributed by atoms with Crippen molar-refractivity contribution in [3.05, 3.63) is 0 Å². The van der Waals surface area contributed by atoms with Crippen LogP contribution in [0.1, 0.15) is 59.3 Å². The van der Waals surface area contributed by atoms with Crippen molar-refractivity contribution in [2.24, 2.45) is 17.6 Å². The van der Waals surface area contributed by atoms with Crippen molar-refractivity contribution in [3.8, 4) is 0 Å². The van der Waals surface area contributed by atoms with Gasteiger partial charge in [-0.15, -0.1) is 0 Å². The van der Waals surface area contributed by atoms with Crippen LogP contribution in [-0.4, -0.2) is 29.8 Å². The number of rotatable bonds is 8. The summed E-state index contributed by atoms with van der Waals surface area (Å²) in [5.41, 5.74) is 6.13. The molecule has 4 unspecified atom stereocenters. The average Bonchev–Trinajstić information content (AvgIpc) is 2.84. The van der Waals surface area contributed by atoms with Crippen LogP contribution in [0.4, 0.5) is 0 Å². The molecular weight excluding hydrogens is 224 g/mol. The second-order valence-electron chi connectivity index (χ2n) is 6.18. The zero-order valence-electron chi connectivity index (χ0n) is 12.4. The van der Waals surface area contributed by atoms with Crippen molar-refractivity contribution >= 4 is 0 Å². The number of hydrogen-bond acceptors (Lipinski definition) is 3. The monoisotopic (exact) mass is 256 g/mol. The van der Waals surface area contributed by atoms with Gasteiger partial charge in [0.15, 0.2) is 0 Å². The van der Waals surface area contributed by atoms with Gasteiger partial charge in [0.1, 0.15) is 0 Å². The molecule has 0 spiro atoms. The van der Waals surface area contributed by atoms with E-state index in [0.29, 0.717) is 31.0 Å². The Bertz CT molecular complexity index is 229. The minimum absolute atomic E-state index is 0.0673. The van der Waals surface area contributed by atoms with Crippen molar-refractivity contribution in [1.82, 2.24) is 5.32 Å². The van der Waals surface area contributed by atoms with Crippen LogP contribution in [0.25, 0.3) is 0 Å². The van der Waals surface area contributed by atoms with Crippen LogP contribution in [0.5, 0.6) is 0 Å². The molecule has 1 aliphatic rings. The van der Waals surface area contributed by atoms with Gasteiger partial charge in [-0.1, -0.05) is 33.6 Å². The highest BCUT2D eigenvalue weighted by atomic mass is 16.3. The second-order valence-corrected chi connectivity index (χ2v) is 6.18. The van der Waals surface area contributed by atoms with Crippen LogP contribution in [-0.2, 0) is 0 Å². The van der Waals surface area contributed by atoms with E-state index in [2.05, 4.69) is 26.1 Å². The molecule has 0 heterocycles. The van der Waals surface area contributed by atoms with Crippen molar-refractivity contribution < 1.29 is 5.11 Å². The summed E-state index contributed by atoms with van der Waals surface area (Å²) in [5.74, 6) is 1.13. The minimum Gasteiger partial charge on any atom is -0.396 e. The zero-order valence-corrected chi connectivity index (χ0v) is 12.4. The highest BCUT2D eigenvalue weighted by Gasteiger charge is 2.35. The molecule has 18 heavy (non-hydrogen) atoms. The summed E-state index contributed by atoms with van der Waals surface area (Å²) in [5, 5.41) is 13.2. The average molecular weight is 256 g/mol. The van der Waals surface area contributed by atoms with Crippen molar-refractivity contribution in [1.29, 1.82) is 0 Å². The molecule has 0 amide bonds. The van der Waals surface area contributed by atoms with Gasteiger partial charge in [-0.2, -0.15) is 0 Å². The molecule has 108 valence electrons. The Morgan fingerprint density at radius 3 is 2.61 bits per heavy atom. The Labute approximate surface area is 113 Å². The third-order valence-electron chi connectivity index (χ3n) is 4.89. The van der Waals surface area contributed by atoms with E-state index in [-0.39, 0.29) is 5.54 Å². The fourth-order valence-electron chi connectivity index (χ4n) is 3.24. The van der Waals surface area contributed by atoms with Gasteiger partial charge in [0, 0.05) is 24.7 Å². The van der Waals surface area contributed by atoms with Gasteiger partial charge >= 0.3 is 0 Å². The number of hydrogen-bond donors (Lipinski definition) is 3. The van der Waals surface area contributed by atoms with E-state index in [1.165, 1.54) is 19.3 Å². The molecule has 1 saturated carbocycles. The molecular formula is C15H32N2O. The highest BCUT2D eigenvalue weighted by molar-refractivity contribution is 4.95. The number of aliphatic hydroxyl groups excluding tert-OH is 1. The normalized spacial score (nSPS) is 29.2. The van der Waals surface area contributed by atoms with E-state index >= 15 is 0 Å². The molecule has 0 aromatic heterocycles. The molecule has 0 aromatic rings. The van der Waals surface area contributed by atoms with Gasteiger partial charge in [-0.3, -0.25) is 0 Å². The fourth-order valence-corrected chi connectivity index (χ4v) is 3.24. The summed E-state index contributed by atoms with van der Waals surface area (Å²) in [6.07, 6.45) is 7.00. The molecule has 4 atom stereocenters. The summed E-state index contributed by atoms with van der Waals surface area (Å²) in [7, 11) is 0. The van der Waals surface area contributed by atoms with E-state index in [4.69, 9.17) is 5.73 Å². The van der Waals surface area contributed by atoms with E-state index in [1.807, 2.05) is 0 Å². The minimum atomic E-state index is 0.0673. The predicted molar refractivity (Wildman–Crippen MR) is 77.5 cm³/mol. The first kappa shape index (κ1) is 15.9. The predicted octanol–water partition coefficient (Wildman–Crippen LogP) is 2.28. The van der Waals surface area contributed by atoms with Gasteiger partial charge in [0.05, 0.1) is 0 Å².